The Hall–Kier alpha value is -2.19. The van der Waals surface area contributed by atoms with Crippen molar-refractivity contribution in [3.8, 4) is 0 Å². The summed E-state index contributed by atoms with van der Waals surface area (Å²) in [5.41, 5.74) is -0.900. The number of ether oxygens (including phenoxy) is 4. The average Bonchev–Trinajstić information content (AvgIpc) is 3.36. The molecule has 2 fully saturated rings. The van der Waals surface area contributed by atoms with Gasteiger partial charge in [-0.05, 0) is 0 Å². The molecule has 8 nitrogen and oxygen atoms in total. The predicted octanol–water partition coefficient (Wildman–Crippen LogP) is -0.249. The smallest absolute Gasteiger partial charge is 0.374 e. The maximum absolute atomic E-state index is 11.7. The lowest BCUT2D eigenvalue weighted by molar-refractivity contribution is 0.0433. The first-order valence-electron chi connectivity index (χ1n) is 6.34. The summed E-state index contributed by atoms with van der Waals surface area (Å²) < 4.78 is 24.3. The summed E-state index contributed by atoms with van der Waals surface area (Å²) in [6.45, 7) is 1.27. The second-order valence-electron chi connectivity index (χ2n) is 4.64. The zero-order chi connectivity index (χ0) is 14.8. The van der Waals surface area contributed by atoms with Crippen molar-refractivity contribution in [3.63, 3.8) is 0 Å². The summed E-state index contributed by atoms with van der Waals surface area (Å²) >= 11 is 0. The van der Waals surface area contributed by atoms with Gasteiger partial charge in [0.15, 0.2) is 0 Å². The molecule has 3 rings (SSSR count). The Bertz CT molecular complexity index is 562. The molecule has 0 amide bonds. The number of carbonyl (C=O) groups is 2. The van der Waals surface area contributed by atoms with E-state index in [9.17, 15) is 14.4 Å². The SMILES string of the molecule is O=C(OCC1CO1)c1cc(C(=O)OCC2CO2)oc(=O)c1. The average molecular weight is 296 g/mol. The summed E-state index contributed by atoms with van der Waals surface area (Å²) in [5.74, 6) is -1.90. The van der Waals surface area contributed by atoms with E-state index >= 15 is 0 Å². The minimum Gasteiger partial charge on any atom is -0.459 e. The summed E-state index contributed by atoms with van der Waals surface area (Å²) in [5, 5.41) is 0. The number of carbonyl (C=O) groups excluding carboxylic acids is 2. The van der Waals surface area contributed by atoms with Crippen molar-refractivity contribution in [2.75, 3.05) is 26.4 Å². The van der Waals surface area contributed by atoms with Crippen molar-refractivity contribution in [1.29, 1.82) is 0 Å². The van der Waals surface area contributed by atoms with Crippen LogP contribution in [-0.2, 0) is 18.9 Å². The number of esters is 2. The molecule has 1 aromatic heterocycles. The molecule has 2 aliphatic rings. The van der Waals surface area contributed by atoms with E-state index in [1.54, 1.807) is 0 Å². The van der Waals surface area contributed by atoms with Crippen LogP contribution in [-0.4, -0.2) is 50.6 Å². The molecule has 0 aromatic carbocycles. The molecule has 0 saturated carbocycles. The van der Waals surface area contributed by atoms with Gasteiger partial charge >= 0.3 is 17.6 Å². The first-order valence-corrected chi connectivity index (χ1v) is 6.34. The molecule has 112 valence electrons. The van der Waals surface area contributed by atoms with E-state index in [1.165, 1.54) is 0 Å². The Morgan fingerprint density at radius 2 is 1.62 bits per heavy atom. The maximum atomic E-state index is 11.7. The normalized spacial score (nSPS) is 22.5. The highest BCUT2D eigenvalue weighted by atomic mass is 16.6. The van der Waals surface area contributed by atoms with E-state index in [-0.39, 0.29) is 36.7 Å². The third-order valence-corrected chi connectivity index (χ3v) is 2.81. The lowest BCUT2D eigenvalue weighted by atomic mass is 10.2. The minimum absolute atomic E-state index is 0.0680. The Balaban J connectivity index is 1.66. The molecule has 2 unspecified atom stereocenters. The van der Waals surface area contributed by atoms with Crippen LogP contribution in [0.25, 0.3) is 0 Å². The number of hydrogen-bond acceptors (Lipinski definition) is 8. The van der Waals surface area contributed by atoms with Crippen LogP contribution in [0.1, 0.15) is 20.9 Å². The molecular weight excluding hydrogens is 284 g/mol. The van der Waals surface area contributed by atoms with Crippen molar-refractivity contribution in [2.24, 2.45) is 0 Å². The highest BCUT2D eigenvalue weighted by Crippen LogP contribution is 2.12. The maximum Gasteiger partial charge on any atom is 0.374 e. The van der Waals surface area contributed by atoms with E-state index in [2.05, 4.69) is 0 Å². The van der Waals surface area contributed by atoms with E-state index in [0.29, 0.717) is 13.2 Å². The van der Waals surface area contributed by atoms with E-state index in [0.717, 1.165) is 12.1 Å². The van der Waals surface area contributed by atoms with E-state index < -0.39 is 17.6 Å². The predicted molar refractivity (Wildman–Crippen MR) is 65.0 cm³/mol. The van der Waals surface area contributed by atoms with Gasteiger partial charge in [0.1, 0.15) is 25.4 Å². The lowest BCUT2D eigenvalue weighted by Crippen LogP contribution is -2.16. The van der Waals surface area contributed by atoms with Crippen LogP contribution in [0.5, 0.6) is 0 Å². The molecule has 3 heterocycles. The first-order chi connectivity index (χ1) is 10.1. The lowest BCUT2D eigenvalue weighted by Gasteiger charge is -2.04. The van der Waals surface area contributed by atoms with Gasteiger partial charge in [-0.15, -0.1) is 0 Å². The minimum atomic E-state index is -0.832. The van der Waals surface area contributed by atoms with Crippen LogP contribution < -0.4 is 5.63 Å². The van der Waals surface area contributed by atoms with E-state index in [4.69, 9.17) is 23.4 Å². The van der Waals surface area contributed by atoms with Crippen LogP contribution in [0.15, 0.2) is 21.3 Å². The molecule has 0 aliphatic carbocycles. The van der Waals surface area contributed by atoms with Crippen molar-refractivity contribution in [2.45, 2.75) is 12.2 Å². The summed E-state index contributed by atoms with van der Waals surface area (Å²) in [7, 11) is 0. The van der Waals surface area contributed by atoms with Crippen LogP contribution in [0, 0.1) is 0 Å². The Morgan fingerprint density at radius 3 is 2.19 bits per heavy atom. The monoisotopic (exact) mass is 296 g/mol. The third kappa shape index (κ3) is 3.89. The van der Waals surface area contributed by atoms with Crippen molar-refractivity contribution >= 4 is 11.9 Å². The Kier molecular flexibility index (Phi) is 3.72. The Labute approximate surface area is 118 Å². The fourth-order valence-corrected chi connectivity index (χ4v) is 1.52. The molecule has 1 aromatic rings. The van der Waals surface area contributed by atoms with Gasteiger partial charge in [-0.2, -0.15) is 0 Å². The van der Waals surface area contributed by atoms with Gasteiger partial charge < -0.3 is 23.4 Å². The van der Waals surface area contributed by atoms with Crippen LogP contribution in [0.3, 0.4) is 0 Å². The van der Waals surface area contributed by atoms with Crippen molar-refractivity contribution in [1.82, 2.24) is 0 Å². The van der Waals surface area contributed by atoms with Gasteiger partial charge in [0, 0.05) is 12.1 Å². The highest BCUT2D eigenvalue weighted by Gasteiger charge is 2.27. The first kappa shape index (κ1) is 13.8. The van der Waals surface area contributed by atoms with Gasteiger partial charge in [0.25, 0.3) is 0 Å². The highest BCUT2D eigenvalue weighted by molar-refractivity contribution is 5.93. The molecule has 2 saturated heterocycles. The largest absolute Gasteiger partial charge is 0.459 e. The van der Waals surface area contributed by atoms with Crippen molar-refractivity contribution in [3.05, 3.63) is 33.9 Å². The Morgan fingerprint density at radius 1 is 1.05 bits per heavy atom. The fourth-order valence-electron chi connectivity index (χ4n) is 1.52. The quantitative estimate of drug-likeness (QED) is 0.522. The summed E-state index contributed by atoms with van der Waals surface area (Å²) in [6.07, 6.45) is -0.190. The van der Waals surface area contributed by atoms with Gasteiger partial charge in [0.2, 0.25) is 5.76 Å². The van der Waals surface area contributed by atoms with Crippen LogP contribution in [0.2, 0.25) is 0 Å². The van der Waals surface area contributed by atoms with Gasteiger partial charge in [-0.3, -0.25) is 0 Å². The fraction of sp³-hybridized carbons (Fsp3) is 0.462. The van der Waals surface area contributed by atoms with E-state index in [1.807, 2.05) is 0 Å². The standard InChI is InChI=1S/C13H12O8/c14-11-2-7(12(15)19-5-8-3-17-8)1-10(21-11)13(16)20-6-9-4-18-9/h1-2,8-9H,3-6H2. The number of rotatable bonds is 6. The summed E-state index contributed by atoms with van der Waals surface area (Å²) in [6, 6.07) is 2.07. The second kappa shape index (κ2) is 5.66. The molecule has 0 N–H and O–H groups in total. The van der Waals surface area contributed by atoms with Gasteiger partial charge in [0.05, 0.1) is 18.8 Å². The van der Waals surface area contributed by atoms with Gasteiger partial charge in [-0.1, -0.05) is 0 Å². The topological polar surface area (TPSA) is 108 Å². The number of epoxide rings is 2. The molecule has 0 bridgehead atoms. The number of hydrogen-bond donors (Lipinski definition) is 0. The molecular formula is C13H12O8. The molecule has 8 heteroatoms. The van der Waals surface area contributed by atoms with Gasteiger partial charge in [-0.25, -0.2) is 14.4 Å². The molecule has 0 radical (unpaired) electrons. The van der Waals surface area contributed by atoms with Crippen LogP contribution >= 0.6 is 0 Å². The third-order valence-electron chi connectivity index (χ3n) is 2.81. The van der Waals surface area contributed by atoms with Crippen molar-refractivity contribution < 1.29 is 33.0 Å². The van der Waals surface area contributed by atoms with Crippen LogP contribution in [0.4, 0.5) is 0 Å². The second-order valence-corrected chi connectivity index (χ2v) is 4.64. The zero-order valence-electron chi connectivity index (χ0n) is 10.9. The summed E-state index contributed by atoms with van der Waals surface area (Å²) in [4.78, 5) is 34.8. The zero-order valence-corrected chi connectivity index (χ0v) is 10.9. The molecule has 21 heavy (non-hydrogen) atoms. The molecule has 2 aliphatic heterocycles. The molecule has 0 spiro atoms. The molecule has 2 atom stereocenters.